The Bertz CT molecular complexity index is 390. The number of hydrogen-bond donors (Lipinski definition) is 1. The van der Waals surface area contributed by atoms with Crippen LogP contribution < -0.4 is 9.57 Å². The molecule has 1 aromatic rings. The molecule has 20 heavy (non-hydrogen) atoms. The van der Waals surface area contributed by atoms with Crippen LogP contribution in [0.5, 0.6) is 5.88 Å². The lowest BCUT2D eigenvalue weighted by Gasteiger charge is -2.25. The minimum atomic E-state index is -6.00. The zero-order chi connectivity index (χ0) is 15.9. The average molecular weight is 299 g/mol. The van der Waals surface area contributed by atoms with Crippen LogP contribution in [0.1, 0.15) is 0 Å². The smallest absolute Gasteiger partial charge is 0.457 e. The molecule has 0 bridgehead atoms. The van der Waals surface area contributed by atoms with E-state index in [-0.39, 0.29) is 12.2 Å². The minimum absolute atomic E-state index is 0.0752. The van der Waals surface area contributed by atoms with Crippen molar-refractivity contribution >= 4 is 7.25 Å². The van der Waals surface area contributed by atoms with Crippen molar-refractivity contribution in [3.05, 3.63) is 24.4 Å². The largest absolute Gasteiger partial charge is 0.673 e. The van der Waals surface area contributed by atoms with E-state index in [9.17, 15) is 22.4 Å². The third-order valence-corrected chi connectivity index (χ3v) is 1.90. The van der Waals surface area contributed by atoms with Gasteiger partial charge in [-0.05, 0) is 34.3 Å². The Morgan fingerprint density at radius 1 is 1.10 bits per heavy atom. The van der Waals surface area contributed by atoms with Gasteiger partial charge in [-0.1, -0.05) is 0 Å². The van der Waals surface area contributed by atoms with E-state index in [4.69, 9.17) is 4.84 Å². The van der Waals surface area contributed by atoms with Crippen molar-refractivity contribution < 1.29 is 31.9 Å². The van der Waals surface area contributed by atoms with E-state index in [0.29, 0.717) is 0 Å². The summed E-state index contributed by atoms with van der Waals surface area (Å²) in [6.07, 6.45) is 1.43. The Morgan fingerprint density at radius 2 is 1.55 bits per heavy atom. The summed E-state index contributed by atoms with van der Waals surface area (Å²) >= 11 is 0. The Hall–Kier alpha value is -1.55. The quantitative estimate of drug-likeness (QED) is 0.387. The van der Waals surface area contributed by atoms with Crippen LogP contribution in [-0.4, -0.2) is 56.7 Å². The van der Waals surface area contributed by atoms with Gasteiger partial charge in [0.1, 0.15) is 0 Å². The number of pyridine rings is 1. The molecule has 1 aromatic heterocycles. The third kappa shape index (κ3) is 8.54. The molecule has 1 rings (SSSR count). The lowest BCUT2D eigenvalue weighted by Crippen LogP contribution is -2.57. The van der Waals surface area contributed by atoms with Gasteiger partial charge in [0.15, 0.2) is 0 Å². The predicted octanol–water partition coefficient (Wildman–Crippen LogP) is 0.815. The predicted molar refractivity (Wildman–Crippen MR) is 66.2 cm³/mol. The monoisotopic (exact) mass is 299 g/mol. The van der Waals surface area contributed by atoms with Crippen LogP contribution in [0.15, 0.2) is 24.4 Å². The molecular formula is C10H18BF4N3O2. The van der Waals surface area contributed by atoms with Crippen LogP contribution in [0.25, 0.3) is 0 Å². The van der Waals surface area contributed by atoms with E-state index in [1.165, 1.54) is 4.73 Å². The maximum Gasteiger partial charge on any atom is 0.673 e. The van der Waals surface area contributed by atoms with Gasteiger partial charge in [-0.15, -0.1) is 0 Å². The molecule has 0 saturated heterocycles. The molecule has 116 valence electrons. The van der Waals surface area contributed by atoms with Crippen LogP contribution >= 0.6 is 0 Å². The minimum Gasteiger partial charge on any atom is -0.457 e. The lowest BCUT2D eigenvalue weighted by atomic mass is 10.3. The average Bonchev–Trinajstić information content (AvgIpc) is 2.24. The summed E-state index contributed by atoms with van der Waals surface area (Å²) in [6.45, 7) is 0. The highest BCUT2D eigenvalue weighted by Crippen LogP contribution is 2.06. The van der Waals surface area contributed by atoms with E-state index in [2.05, 4.69) is 0 Å². The SMILES string of the molecule is CN(C)C(O[n+]1ccccc1O)N(C)C.F[B-](F)(F)F. The molecule has 0 aromatic carbocycles. The van der Waals surface area contributed by atoms with Gasteiger partial charge in [0.05, 0.1) is 10.8 Å². The molecule has 0 unspecified atom stereocenters. The molecule has 0 atom stereocenters. The van der Waals surface area contributed by atoms with E-state index in [1.54, 1.807) is 24.4 Å². The second-order valence-electron chi connectivity index (χ2n) is 4.24. The van der Waals surface area contributed by atoms with Gasteiger partial charge in [-0.3, -0.25) is 9.80 Å². The first-order chi connectivity index (χ1) is 9.02. The van der Waals surface area contributed by atoms with Crippen LogP contribution in [0, 0.1) is 0 Å². The van der Waals surface area contributed by atoms with Crippen molar-refractivity contribution in [3.63, 3.8) is 0 Å². The molecule has 0 saturated carbocycles. The zero-order valence-corrected chi connectivity index (χ0v) is 11.7. The summed E-state index contributed by atoms with van der Waals surface area (Å²) in [4.78, 5) is 9.39. The van der Waals surface area contributed by atoms with Crippen molar-refractivity contribution in [3.8, 4) is 5.88 Å². The molecule has 0 amide bonds. The second-order valence-corrected chi connectivity index (χ2v) is 4.24. The molecule has 0 fully saturated rings. The summed E-state index contributed by atoms with van der Waals surface area (Å²) in [5.41, 5.74) is 0. The van der Waals surface area contributed by atoms with E-state index in [1.807, 2.05) is 38.0 Å². The van der Waals surface area contributed by atoms with Crippen molar-refractivity contribution in [1.82, 2.24) is 9.80 Å². The van der Waals surface area contributed by atoms with E-state index >= 15 is 0 Å². The Kier molecular flexibility index (Phi) is 7.29. The van der Waals surface area contributed by atoms with Gasteiger partial charge in [0, 0.05) is 6.07 Å². The van der Waals surface area contributed by atoms with E-state index in [0.717, 1.165) is 0 Å². The van der Waals surface area contributed by atoms with Gasteiger partial charge >= 0.3 is 13.1 Å². The van der Waals surface area contributed by atoms with Crippen molar-refractivity contribution in [2.24, 2.45) is 0 Å². The second kappa shape index (κ2) is 7.90. The van der Waals surface area contributed by atoms with Crippen LogP contribution in [0.3, 0.4) is 0 Å². The highest BCUT2D eigenvalue weighted by molar-refractivity contribution is 6.50. The highest BCUT2D eigenvalue weighted by Gasteiger charge is 2.22. The molecule has 1 heterocycles. The first-order valence-electron chi connectivity index (χ1n) is 5.59. The topological polar surface area (TPSA) is 39.8 Å². The fourth-order valence-corrected chi connectivity index (χ4v) is 1.26. The van der Waals surface area contributed by atoms with Gasteiger partial charge in [-0.2, -0.15) is 0 Å². The van der Waals surface area contributed by atoms with Gasteiger partial charge in [-0.25, -0.2) is 4.84 Å². The molecule has 0 aliphatic carbocycles. The molecule has 5 nitrogen and oxygen atoms in total. The number of halogens is 4. The fourth-order valence-electron chi connectivity index (χ4n) is 1.26. The first-order valence-corrected chi connectivity index (χ1v) is 5.59. The summed E-state index contributed by atoms with van der Waals surface area (Å²) in [7, 11) is 1.63. The van der Waals surface area contributed by atoms with E-state index < -0.39 is 7.25 Å². The Morgan fingerprint density at radius 3 is 1.90 bits per heavy atom. The maximum atomic E-state index is 9.75. The summed E-state index contributed by atoms with van der Waals surface area (Å²) in [5, 5.41) is 9.52. The number of nitrogens with zero attached hydrogens (tertiary/aromatic N) is 3. The molecular weight excluding hydrogens is 281 g/mol. The molecule has 10 heteroatoms. The number of aromatic hydroxyl groups is 1. The Labute approximate surface area is 115 Å². The highest BCUT2D eigenvalue weighted by atomic mass is 19.5. The molecule has 0 aliphatic heterocycles. The Balaban J connectivity index is 0.000000621. The lowest BCUT2D eigenvalue weighted by molar-refractivity contribution is -0.908. The molecule has 0 spiro atoms. The fraction of sp³-hybridized carbons (Fsp3) is 0.500. The van der Waals surface area contributed by atoms with Gasteiger partial charge in [0.25, 0.3) is 6.35 Å². The normalized spacial score (nSPS) is 11.6. The number of hydrogen-bond acceptors (Lipinski definition) is 4. The standard InChI is InChI=1S/C10H17N3O2.BF4/c1-11(2)10(12(3)4)15-13-8-6-5-7-9(13)14;2-1(3,4)5/h5-8,10H,1-4H3;/q;-1/p+1. The van der Waals surface area contributed by atoms with Gasteiger partial charge in [0.2, 0.25) is 6.20 Å². The molecule has 1 N–H and O–H groups in total. The third-order valence-electron chi connectivity index (χ3n) is 1.90. The van der Waals surface area contributed by atoms with Crippen LogP contribution in [0.4, 0.5) is 17.3 Å². The van der Waals surface area contributed by atoms with Crippen molar-refractivity contribution in [2.45, 2.75) is 6.35 Å². The first kappa shape index (κ1) is 18.5. The van der Waals surface area contributed by atoms with Crippen LogP contribution in [0.2, 0.25) is 0 Å². The molecule has 0 radical (unpaired) electrons. The number of rotatable bonds is 4. The van der Waals surface area contributed by atoms with Crippen LogP contribution in [-0.2, 0) is 0 Å². The van der Waals surface area contributed by atoms with Gasteiger partial charge < -0.3 is 22.4 Å². The van der Waals surface area contributed by atoms with Crippen molar-refractivity contribution in [2.75, 3.05) is 28.2 Å². The summed E-state index contributed by atoms with van der Waals surface area (Å²) in [5.74, 6) is 0.0752. The summed E-state index contributed by atoms with van der Waals surface area (Å²) in [6, 6.07) is 5.11. The van der Waals surface area contributed by atoms with Crippen molar-refractivity contribution in [1.29, 1.82) is 0 Å². The number of aromatic nitrogens is 1. The molecule has 0 aliphatic rings. The zero-order valence-electron chi connectivity index (χ0n) is 11.7. The summed E-state index contributed by atoms with van der Waals surface area (Å²) < 4.78 is 40.3. The maximum absolute atomic E-state index is 9.75.